The van der Waals surface area contributed by atoms with Crippen molar-refractivity contribution in [1.82, 2.24) is 0 Å². The van der Waals surface area contributed by atoms with E-state index in [-0.39, 0.29) is 5.04 Å². The molecule has 3 heteroatoms. The molecule has 0 amide bonds. The quantitative estimate of drug-likeness (QED) is 0.565. The van der Waals surface area contributed by atoms with Gasteiger partial charge < -0.3 is 9.74 Å². The number of nitrogens with one attached hydrogen (secondary N) is 1. The summed E-state index contributed by atoms with van der Waals surface area (Å²) in [5.41, 5.74) is 1.18. The zero-order chi connectivity index (χ0) is 14.5. The average Bonchev–Trinajstić information content (AvgIpc) is 2.30. The van der Waals surface area contributed by atoms with Gasteiger partial charge in [0.15, 0.2) is 0 Å². The highest BCUT2D eigenvalue weighted by Crippen LogP contribution is 2.37. The SMILES string of the molecule is CCCCNc1ccc(O[Si](C)(C)C(C)(C)C)cc1. The van der Waals surface area contributed by atoms with E-state index in [0.717, 1.165) is 12.3 Å². The smallest absolute Gasteiger partial charge is 0.250 e. The highest BCUT2D eigenvalue weighted by molar-refractivity contribution is 6.74. The van der Waals surface area contributed by atoms with Gasteiger partial charge in [-0.15, -0.1) is 0 Å². The van der Waals surface area contributed by atoms with Gasteiger partial charge in [0.2, 0.25) is 8.32 Å². The van der Waals surface area contributed by atoms with Crippen molar-refractivity contribution in [1.29, 1.82) is 0 Å². The fourth-order valence-corrected chi connectivity index (χ4v) is 2.53. The number of benzene rings is 1. The molecule has 0 saturated carbocycles. The summed E-state index contributed by atoms with van der Waals surface area (Å²) in [6.07, 6.45) is 2.43. The van der Waals surface area contributed by atoms with E-state index < -0.39 is 8.32 Å². The first-order chi connectivity index (χ1) is 8.76. The first-order valence-electron chi connectivity index (χ1n) is 7.29. The van der Waals surface area contributed by atoms with Gasteiger partial charge in [-0.05, 0) is 48.8 Å². The molecule has 2 nitrogen and oxygen atoms in total. The van der Waals surface area contributed by atoms with Crippen LogP contribution in [0.5, 0.6) is 5.75 Å². The van der Waals surface area contributed by atoms with E-state index >= 15 is 0 Å². The fourth-order valence-electron chi connectivity index (χ4n) is 1.50. The number of rotatable bonds is 6. The lowest BCUT2D eigenvalue weighted by Crippen LogP contribution is -2.43. The summed E-state index contributed by atoms with van der Waals surface area (Å²) in [5.74, 6) is 0.993. The number of hydrogen-bond donors (Lipinski definition) is 1. The molecule has 0 aliphatic carbocycles. The van der Waals surface area contributed by atoms with Crippen molar-refractivity contribution < 1.29 is 4.43 Å². The molecule has 108 valence electrons. The highest BCUT2D eigenvalue weighted by atomic mass is 28.4. The van der Waals surface area contributed by atoms with Crippen molar-refractivity contribution in [3.05, 3.63) is 24.3 Å². The van der Waals surface area contributed by atoms with Crippen LogP contribution < -0.4 is 9.74 Å². The molecule has 0 radical (unpaired) electrons. The minimum Gasteiger partial charge on any atom is -0.544 e. The average molecular weight is 279 g/mol. The molecular formula is C16H29NOSi. The Labute approximate surface area is 119 Å². The maximum Gasteiger partial charge on any atom is 0.250 e. The Balaban J connectivity index is 2.62. The van der Waals surface area contributed by atoms with Crippen LogP contribution in [0.3, 0.4) is 0 Å². The first-order valence-corrected chi connectivity index (χ1v) is 10.2. The van der Waals surface area contributed by atoms with E-state index in [1.54, 1.807) is 0 Å². The second-order valence-corrected chi connectivity index (χ2v) is 11.4. The van der Waals surface area contributed by atoms with Crippen LogP contribution in [0.25, 0.3) is 0 Å². The van der Waals surface area contributed by atoms with Gasteiger partial charge in [-0.1, -0.05) is 34.1 Å². The van der Waals surface area contributed by atoms with Gasteiger partial charge >= 0.3 is 0 Å². The first kappa shape index (κ1) is 16.1. The molecule has 0 aliphatic heterocycles. The Kier molecular flexibility index (Phi) is 5.47. The van der Waals surface area contributed by atoms with Crippen LogP contribution in [0.15, 0.2) is 24.3 Å². The monoisotopic (exact) mass is 279 g/mol. The third-order valence-electron chi connectivity index (χ3n) is 3.89. The van der Waals surface area contributed by atoms with Crippen molar-refractivity contribution in [3.8, 4) is 5.75 Å². The molecule has 0 saturated heterocycles. The van der Waals surface area contributed by atoms with Gasteiger partial charge in [0.25, 0.3) is 0 Å². The molecule has 0 atom stereocenters. The van der Waals surface area contributed by atoms with Gasteiger partial charge in [0, 0.05) is 12.2 Å². The molecule has 0 aromatic heterocycles. The molecule has 0 fully saturated rings. The van der Waals surface area contributed by atoms with Gasteiger partial charge in [0.05, 0.1) is 0 Å². The van der Waals surface area contributed by atoms with Crippen LogP contribution in [0.2, 0.25) is 18.1 Å². The minimum atomic E-state index is -1.71. The summed E-state index contributed by atoms with van der Waals surface area (Å²) >= 11 is 0. The van der Waals surface area contributed by atoms with Gasteiger partial charge in [0.1, 0.15) is 5.75 Å². The predicted molar refractivity (Wildman–Crippen MR) is 87.7 cm³/mol. The third-order valence-corrected chi connectivity index (χ3v) is 8.25. The van der Waals surface area contributed by atoms with Crippen molar-refractivity contribution in [2.24, 2.45) is 0 Å². The van der Waals surface area contributed by atoms with Crippen molar-refractivity contribution >= 4 is 14.0 Å². The second kappa shape index (κ2) is 6.46. The molecule has 1 N–H and O–H groups in total. The van der Waals surface area contributed by atoms with Gasteiger partial charge in [-0.2, -0.15) is 0 Å². The maximum absolute atomic E-state index is 6.26. The van der Waals surface area contributed by atoms with Crippen LogP contribution in [-0.4, -0.2) is 14.9 Å². The molecule has 0 aliphatic rings. The second-order valence-electron chi connectivity index (χ2n) is 6.67. The lowest BCUT2D eigenvalue weighted by molar-refractivity contribution is 0.492. The summed E-state index contributed by atoms with van der Waals surface area (Å²) in [5, 5.41) is 3.66. The van der Waals surface area contributed by atoms with E-state index in [0.29, 0.717) is 0 Å². The standard InChI is InChI=1S/C16H29NOSi/c1-7-8-13-17-14-9-11-15(12-10-14)18-19(5,6)16(2,3)4/h9-12,17H,7-8,13H2,1-6H3. The summed E-state index contributed by atoms with van der Waals surface area (Å²) in [6.45, 7) is 14.6. The van der Waals surface area contributed by atoms with Gasteiger partial charge in [-0.3, -0.25) is 0 Å². The van der Waals surface area contributed by atoms with Gasteiger partial charge in [-0.25, -0.2) is 0 Å². The Hall–Kier alpha value is -0.963. The van der Waals surface area contributed by atoms with E-state index in [1.165, 1.54) is 18.5 Å². The fraction of sp³-hybridized carbons (Fsp3) is 0.625. The summed E-state index contributed by atoms with van der Waals surface area (Å²) in [4.78, 5) is 0. The molecule has 0 unspecified atom stereocenters. The molecule has 19 heavy (non-hydrogen) atoms. The summed E-state index contributed by atoms with van der Waals surface area (Å²) in [7, 11) is -1.71. The zero-order valence-corrected chi connectivity index (χ0v) is 14.3. The Morgan fingerprint density at radius 1 is 1.11 bits per heavy atom. The number of anilines is 1. The molecule has 0 bridgehead atoms. The molecule has 1 aromatic carbocycles. The third kappa shape index (κ3) is 4.90. The lowest BCUT2D eigenvalue weighted by Gasteiger charge is -2.36. The Bertz CT molecular complexity index is 379. The minimum absolute atomic E-state index is 0.241. The molecule has 1 aromatic rings. The summed E-state index contributed by atoms with van der Waals surface area (Å²) < 4.78 is 6.26. The van der Waals surface area contributed by atoms with Crippen LogP contribution in [0.1, 0.15) is 40.5 Å². The normalized spacial score (nSPS) is 12.3. The van der Waals surface area contributed by atoms with E-state index in [2.05, 4.69) is 70.4 Å². The van der Waals surface area contributed by atoms with Crippen LogP contribution in [-0.2, 0) is 0 Å². The zero-order valence-electron chi connectivity index (χ0n) is 13.3. The molecule has 1 rings (SSSR count). The van der Waals surface area contributed by atoms with E-state index in [1.807, 2.05) is 0 Å². The largest absolute Gasteiger partial charge is 0.544 e. The predicted octanol–water partition coefficient (Wildman–Crippen LogP) is 5.28. The highest BCUT2D eigenvalue weighted by Gasteiger charge is 2.38. The van der Waals surface area contributed by atoms with Crippen molar-refractivity contribution in [2.45, 2.75) is 58.7 Å². The molecule has 0 spiro atoms. The number of hydrogen-bond acceptors (Lipinski definition) is 2. The van der Waals surface area contributed by atoms with Crippen LogP contribution in [0, 0.1) is 0 Å². The lowest BCUT2D eigenvalue weighted by atomic mass is 10.2. The Morgan fingerprint density at radius 2 is 1.68 bits per heavy atom. The molecule has 0 heterocycles. The summed E-state index contributed by atoms with van der Waals surface area (Å²) in [6, 6.07) is 8.37. The van der Waals surface area contributed by atoms with E-state index in [9.17, 15) is 0 Å². The number of unbranched alkanes of at least 4 members (excludes halogenated alkanes) is 1. The van der Waals surface area contributed by atoms with Crippen molar-refractivity contribution in [2.75, 3.05) is 11.9 Å². The van der Waals surface area contributed by atoms with Crippen LogP contribution in [0.4, 0.5) is 5.69 Å². The molecular weight excluding hydrogens is 250 g/mol. The topological polar surface area (TPSA) is 21.3 Å². The maximum atomic E-state index is 6.26. The van der Waals surface area contributed by atoms with Crippen molar-refractivity contribution in [3.63, 3.8) is 0 Å². The Morgan fingerprint density at radius 3 is 2.16 bits per heavy atom. The van der Waals surface area contributed by atoms with E-state index in [4.69, 9.17) is 4.43 Å². The van der Waals surface area contributed by atoms with Crippen LogP contribution >= 0.6 is 0 Å².